The first kappa shape index (κ1) is 14.2. The number of carbonyl (C=O) groups excluding carboxylic acids is 1. The molecule has 1 saturated carbocycles. The molecule has 19 heavy (non-hydrogen) atoms. The van der Waals surface area contributed by atoms with Crippen molar-refractivity contribution in [3.8, 4) is 0 Å². The zero-order chi connectivity index (χ0) is 14.4. The van der Waals surface area contributed by atoms with Crippen molar-refractivity contribution in [2.24, 2.45) is 5.14 Å². The minimum atomic E-state index is -4.28. The summed E-state index contributed by atoms with van der Waals surface area (Å²) < 4.78 is 36.5. The monoisotopic (exact) mass is 306 g/mol. The fourth-order valence-electron chi connectivity index (χ4n) is 1.59. The molecule has 0 unspecified atom stereocenters. The van der Waals surface area contributed by atoms with Gasteiger partial charge in [-0.15, -0.1) is 0 Å². The Hall–Kier alpha value is -1.18. The van der Waals surface area contributed by atoms with E-state index < -0.39 is 32.2 Å². The first-order valence-electron chi connectivity index (χ1n) is 5.47. The molecule has 1 fully saturated rings. The van der Waals surface area contributed by atoms with Gasteiger partial charge in [0, 0.05) is 10.6 Å². The minimum absolute atomic E-state index is 0.0727. The largest absolute Gasteiger partial charge is 0.347 e. The second-order valence-electron chi connectivity index (χ2n) is 4.83. The lowest BCUT2D eigenvalue weighted by Crippen LogP contribution is -2.35. The van der Waals surface area contributed by atoms with Crippen LogP contribution >= 0.6 is 11.6 Å². The van der Waals surface area contributed by atoms with E-state index in [1.54, 1.807) is 0 Å². The maximum absolute atomic E-state index is 14.0. The van der Waals surface area contributed by atoms with Crippen molar-refractivity contribution in [1.29, 1.82) is 0 Å². The Bertz CT molecular complexity index is 656. The minimum Gasteiger partial charge on any atom is -0.347 e. The summed E-state index contributed by atoms with van der Waals surface area (Å²) in [6, 6.07) is 1.95. The van der Waals surface area contributed by atoms with Gasteiger partial charge in [-0.1, -0.05) is 11.6 Å². The summed E-state index contributed by atoms with van der Waals surface area (Å²) in [7, 11) is -4.28. The summed E-state index contributed by atoms with van der Waals surface area (Å²) >= 11 is 5.69. The van der Waals surface area contributed by atoms with Gasteiger partial charge >= 0.3 is 0 Å². The van der Waals surface area contributed by atoms with Crippen LogP contribution < -0.4 is 10.5 Å². The summed E-state index contributed by atoms with van der Waals surface area (Å²) in [5, 5.41) is 7.42. The smallest absolute Gasteiger partial charge is 0.254 e. The van der Waals surface area contributed by atoms with Crippen LogP contribution in [0.4, 0.5) is 4.39 Å². The Labute approximate surface area is 115 Å². The lowest BCUT2D eigenvalue weighted by atomic mass is 10.2. The second kappa shape index (κ2) is 4.43. The van der Waals surface area contributed by atoms with Crippen LogP contribution in [0.3, 0.4) is 0 Å². The number of sulfonamides is 1. The standard InChI is InChI=1S/C11H12ClFN2O3S/c1-11(2-3-11)15-10(16)7-4-6(12)5-8(9(7)13)19(14,17)18/h4-5H,2-3H2,1H3,(H,15,16)(H2,14,17,18). The Kier molecular flexibility index (Phi) is 3.32. The first-order valence-corrected chi connectivity index (χ1v) is 7.39. The van der Waals surface area contributed by atoms with Gasteiger partial charge in [-0.3, -0.25) is 4.79 Å². The average molecular weight is 307 g/mol. The maximum Gasteiger partial charge on any atom is 0.254 e. The van der Waals surface area contributed by atoms with E-state index in [0.717, 1.165) is 25.0 Å². The molecule has 8 heteroatoms. The van der Waals surface area contributed by atoms with Gasteiger partial charge in [0.05, 0.1) is 5.56 Å². The topological polar surface area (TPSA) is 89.3 Å². The highest BCUT2D eigenvalue weighted by atomic mass is 35.5. The van der Waals surface area contributed by atoms with E-state index in [4.69, 9.17) is 16.7 Å². The van der Waals surface area contributed by atoms with Crippen LogP contribution in [0.25, 0.3) is 0 Å². The Morgan fingerprint density at radius 2 is 2.05 bits per heavy atom. The predicted molar refractivity (Wildman–Crippen MR) is 67.9 cm³/mol. The molecule has 0 heterocycles. The average Bonchev–Trinajstić information content (AvgIpc) is 2.97. The highest BCUT2D eigenvalue weighted by molar-refractivity contribution is 7.89. The Balaban J connectivity index is 2.46. The molecule has 1 aliphatic carbocycles. The van der Waals surface area contributed by atoms with Gasteiger partial charge in [-0.25, -0.2) is 17.9 Å². The molecule has 1 aromatic carbocycles. The van der Waals surface area contributed by atoms with E-state index in [1.807, 2.05) is 6.92 Å². The molecule has 1 aromatic rings. The molecule has 2 rings (SSSR count). The SMILES string of the molecule is CC1(NC(=O)c2cc(Cl)cc(S(N)(=O)=O)c2F)CC1. The number of benzene rings is 1. The number of primary sulfonamides is 1. The number of hydrogen-bond acceptors (Lipinski definition) is 3. The van der Waals surface area contributed by atoms with Crippen LogP contribution in [0, 0.1) is 5.82 Å². The highest BCUT2D eigenvalue weighted by Crippen LogP contribution is 2.35. The normalized spacial score (nSPS) is 17.1. The van der Waals surface area contributed by atoms with Gasteiger partial charge in [-0.2, -0.15) is 0 Å². The number of amides is 1. The van der Waals surface area contributed by atoms with Crippen LogP contribution in [0.1, 0.15) is 30.1 Å². The van der Waals surface area contributed by atoms with E-state index in [1.165, 1.54) is 0 Å². The van der Waals surface area contributed by atoms with E-state index in [0.29, 0.717) is 0 Å². The molecule has 1 amide bonds. The van der Waals surface area contributed by atoms with Crippen molar-refractivity contribution < 1.29 is 17.6 Å². The molecule has 0 aliphatic heterocycles. The van der Waals surface area contributed by atoms with Crippen molar-refractivity contribution >= 4 is 27.5 Å². The molecular weight excluding hydrogens is 295 g/mol. The first-order chi connectivity index (χ1) is 8.62. The lowest BCUT2D eigenvalue weighted by molar-refractivity contribution is 0.0931. The van der Waals surface area contributed by atoms with Gasteiger partial charge in [0.2, 0.25) is 10.0 Å². The number of carbonyl (C=O) groups is 1. The molecule has 0 bridgehead atoms. The molecule has 0 saturated heterocycles. The van der Waals surface area contributed by atoms with E-state index in [2.05, 4.69) is 5.32 Å². The molecule has 5 nitrogen and oxygen atoms in total. The number of halogens is 2. The van der Waals surface area contributed by atoms with Crippen molar-refractivity contribution in [1.82, 2.24) is 5.32 Å². The van der Waals surface area contributed by atoms with E-state index in [9.17, 15) is 17.6 Å². The third-order valence-electron chi connectivity index (χ3n) is 2.97. The van der Waals surface area contributed by atoms with Gasteiger partial charge in [0.25, 0.3) is 5.91 Å². The van der Waals surface area contributed by atoms with E-state index in [-0.39, 0.29) is 10.6 Å². The third-order valence-corrected chi connectivity index (χ3v) is 4.10. The number of nitrogens with one attached hydrogen (secondary N) is 1. The van der Waals surface area contributed by atoms with E-state index >= 15 is 0 Å². The summed E-state index contributed by atoms with van der Waals surface area (Å²) in [6.45, 7) is 1.81. The van der Waals surface area contributed by atoms with Crippen LogP contribution in [-0.2, 0) is 10.0 Å². The van der Waals surface area contributed by atoms with Crippen molar-refractivity contribution in [3.63, 3.8) is 0 Å². The van der Waals surface area contributed by atoms with Crippen LogP contribution in [0.2, 0.25) is 5.02 Å². The summed E-state index contributed by atoms with van der Waals surface area (Å²) in [5.74, 6) is -1.89. The Morgan fingerprint density at radius 1 is 1.47 bits per heavy atom. The molecule has 0 aromatic heterocycles. The van der Waals surface area contributed by atoms with Crippen LogP contribution in [0.5, 0.6) is 0 Å². The molecular formula is C11H12ClFN2O3S. The summed E-state index contributed by atoms with van der Waals surface area (Å²) in [5.41, 5.74) is -0.780. The summed E-state index contributed by atoms with van der Waals surface area (Å²) in [6.07, 6.45) is 1.59. The third kappa shape index (κ3) is 3.05. The van der Waals surface area contributed by atoms with Crippen LogP contribution in [-0.4, -0.2) is 19.9 Å². The fraction of sp³-hybridized carbons (Fsp3) is 0.364. The quantitative estimate of drug-likeness (QED) is 0.884. The molecule has 3 N–H and O–H groups in total. The van der Waals surface area contributed by atoms with Gasteiger partial charge in [0.15, 0.2) is 5.82 Å². The zero-order valence-electron chi connectivity index (χ0n) is 10.0. The number of rotatable bonds is 3. The van der Waals surface area contributed by atoms with Gasteiger partial charge < -0.3 is 5.32 Å². The number of nitrogens with two attached hydrogens (primary N) is 1. The van der Waals surface area contributed by atoms with Crippen molar-refractivity contribution in [2.75, 3.05) is 0 Å². The molecule has 104 valence electrons. The zero-order valence-corrected chi connectivity index (χ0v) is 11.6. The maximum atomic E-state index is 14.0. The van der Waals surface area contributed by atoms with Crippen LogP contribution in [0.15, 0.2) is 17.0 Å². The Morgan fingerprint density at radius 3 is 2.53 bits per heavy atom. The van der Waals surface area contributed by atoms with Crippen molar-refractivity contribution in [2.45, 2.75) is 30.2 Å². The second-order valence-corrected chi connectivity index (χ2v) is 6.79. The number of hydrogen-bond donors (Lipinski definition) is 2. The molecule has 1 aliphatic rings. The van der Waals surface area contributed by atoms with Crippen molar-refractivity contribution in [3.05, 3.63) is 28.5 Å². The fourth-order valence-corrected chi connectivity index (χ4v) is 2.52. The van der Waals surface area contributed by atoms with Gasteiger partial charge in [0.1, 0.15) is 4.90 Å². The lowest BCUT2D eigenvalue weighted by Gasteiger charge is -2.13. The molecule has 0 radical (unpaired) electrons. The molecule has 0 atom stereocenters. The summed E-state index contributed by atoms with van der Waals surface area (Å²) in [4.78, 5) is 11.1. The molecule has 0 spiro atoms. The predicted octanol–water partition coefficient (Wildman–Crippen LogP) is 1.41. The van der Waals surface area contributed by atoms with Gasteiger partial charge in [-0.05, 0) is 31.9 Å². The highest BCUT2D eigenvalue weighted by Gasteiger charge is 2.39.